The number of hydrogen-bond acceptors (Lipinski definition) is 4. The fraction of sp³-hybridized carbons (Fsp3) is 0.714. The van der Waals surface area contributed by atoms with Gasteiger partial charge in [-0.25, -0.2) is 5.01 Å². The Labute approximate surface area is 118 Å². The van der Waals surface area contributed by atoms with Crippen LogP contribution in [0.1, 0.15) is 6.42 Å². The standard InChI is InChI=1S/C14H21N3O3/c1-16-4-6-17(7-5-16)15-13(18)11-9-2-3-10(8-9)12(11)14(19)20/h2-3,9-12H,4-8H2,1H3,(H,15,18)(H,19,20)/t9-,10+,11+,12+/m1/s1. The van der Waals surface area contributed by atoms with Gasteiger partial charge in [-0.3, -0.25) is 15.0 Å². The third-order valence-corrected chi connectivity index (χ3v) is 4.82. The van der Waals surface area contributed by atoms with E-state index in [-0.39, 0.29) is 17.7 Å². The van der Waals surface area contributed by atoms with Crippen molar-refractivity contribution in [3.63, 3.8) is 0 Å². The van der Waals surface area contributed by atoms with Crippen molar-refractivity contribution in [2.24, 2.45) is 23.7 Å². The number of hydrogen-bond donors (Lipinski definition) is 2. The number of nitrogens with one attached hydrogen (secondary N) is 1. The van der Waals surface area contributed by atoms with Gasteiger partial charge >= 0.3 is 5.97 Å². The van der Waals surface area contributed by atoms with Gasteiger partial charge in [0, 0.05) is 26.2 Å². The summed E-state index contributed by atoms with van der Waals surface area (Å²) in [7, 11) is 2.06. The predicted molar refractivity (Wildman–Crippen MR) is 72.6 cm³/mol. The van der Waals surface area contributed by atoms with Crippen LogP contribution in [-0.4, -0.2) is 60.1 Å². The Bertz CT molecular complexity index is 443. The molecule has 0 radical (unpaired) electrons. The lowest BCUT2D eigenvalue weighted by Crippen LogP contribution is -2.55. The summed E-state index contributed by atoms with van der Waals surface area (Å²) in [5.74, 6) is -1.83. The molecule has 3 aliphatic rings. The zero-order chi connectivity index (χ0) is 14.3. The summed E-state index contributed by atoms with van der Waals surface area (Å²) < 4.78 is 0. The molecule has 1 aliphatic heterocycles. The monoisotopic (exact) mass is 279 g/mol. The molecule has 2 aliphatic carbocycles. The zero-order valence-corrected chi connectivity index (χ0v) is 11.7. The highest BCUT2D eigenvalue weighted by atomic mass is 16.4. The van der Waals surface area contributed by atoms with Crippen molar-refractivity contribution in [3.05, 3.63) is 12.2 Å². The summed E-state index contributed by atoms with van der Waals surface area (Å²) >= 11 is 0. The van der Waals surface area contributed by atoms with Crippen LogP contribution < -0.4 is 5.43 Å². The van der Waals surface area contributed by atoms with Gasteiger partial charge in [-0.2, -0.15) is 0 Å². The number of rotatable bonds is 3. The molecular formula is C14H21N3O3. The number of aliphatic carboxylic acids is 1. The van der Waals surface area contributed by atoms with Crippen LogP contribution in [0.4, 0.5) is 0 Å². The normalized spacial score (nSPS) is 37.2. The second-order valence-electron chi connectivity index (χ2n) is 6.10. The lowest BCUT2D eigenvalue weighted by atomic mass is 9.82. The Morgan fingerprint density at radius 3 is 2.30 bits per heavy atom. The molecule has 4 atom stereocenters. The third-order valence-electron chi connectivity index (χ3n) is 4.82. The molecule has 6 nitrogen and oxygen atoms in total. The van der Waals surface area contributed by atoms with Crippen LogP contribution in [0.3, 0.4) is 0 Å². The molecule has 6 heteroatoms. The van der Waals surface area contributed by atoms with E-state index >= 15 is 0 Å². The summed E-state index contributed by atoms with van der Waals surface area (Å²) in [5, 5.41) is 11.3. The average molecular weight is 279 g/mol. The number of hydrazine groups is 1. The largest absolute Gasteiger partial charge is 0.481 e. The van der Waals surface area contributed by atoms with Gasteiger partial charge in [-0.1, -0.05) is 12.2 Å². The fourth-order valence-electron chi connectivity index (χ4n) is 3.66. The fourth-order valence-corrected chi connectivity index (χ4v) is 3.66. The summed E-state index contributed by atoms with van der Waals surface area (Å²) in [6.45, 7) is 3.41. The molecule has 0 aromatic rings. The molecule has 2 N–H and O–H groups in total. The number of carbonyl (C=O) groups is 2. The van der Waals surface area contributed by atoms with E-state index in [0.717, 1.165) is 32.6 Å². The molecule has 2 bridgehead atoms. The van der Waals surface area contributed by atoms with Crippen molar-refractivity contribution in [1.29, 1.82) is 0 Å². The minimum absolute atomic E-state index is 0.0285. The highest BCUT2D eigenvalue weighted by Gasteiger charge is 2.51. The Morgan fingerprint density at radius 1 is 1.10 bits per heavy atom. The van der Waals surface area contributed by atoms with Crippen molar-refractivity contribution in [1.82, 2.24) is 15.3 Å². The Balaban J connectivity index is 1.64. The van der Waals surface area contributed by atoms with Crippen molar-refractivity contribution < 1.29 is 14.7 Å². The third kappa shape index (κ3) is 2.33. The van der Waals surface area contributed by atoms with Crippen LogP contribution in [0.25, 0.3) is 0 Å². The van der Waals surface area contributed by atoms with Gasteiger partial charge in [0.2, 0.25) is 5.91 Å². The first-order valence-electron chi connectivity index (χ1n) is 7.21. The maximum absolute atomic E-state index is 12.4. The molecule has 20 heavy (non-hydrogen) atoms. The van der Waals surface area contributed by atoms with E-state index in [0.29, 0.717) is 0 Å². The van der Waals surface area contributed by atoms with E-state index in [2.05, 4.69) is 17.4 Å². The maximum Gasteiger partial charge on any atom is 0.307 e. The molecule has 110 valence electrons. The number of amides is 1. The molecular weight excluding hydrogens is 258 g/mol. The van der Waals surface area contributed by atoms with Crippen molar-refractivity contribution >= 4 is 11.9 Å². The van der Waals surface area contributed by atoms with Gasteiger partial charge in [0.05, 0.1) is 11.8 Å². The van der Waals surface area contributed by atoms with Gasteiger partial charge in [0.15, 0.2) is 0 Å². The summed E-state index contributed by atoms with van der Waals surface area (Å²) in [5.41, 5.74) is 2.92. The molecule has 2 fully saturated rings. The second-order valence-corrected chi connectivity index (χ2v) is 6.10. The Hall–Kier alpha value is -1.40. The summed E-state index contributed by atoms with van der Waals surface area (Å²) in [6, 6.07) is 0. The number of carboxylic acid groups (broad SMARTS) is 1. The van der Waals surface area contributed by atoms with E-state index in [1.54, 1.807) is 0 Å². The number of likely N-dealkylation sites (N-methyl/N-ethyl adjacent to an activating group) is 1. The first kappa shape index (κ1) is 13.6. The number of carbonyl (C=O) groups excluding carboxylic acids is 1. The minimum Gasteiger partial charge on any atom is -0.481 e. The van der Waals surface area contributed by atoms with Crippen LogP contribution in [0.5, 0.6) is 0 Å². The predicted octanol–water partition coefficient (Wildman–Crippen LogP) is -0.212. The first-order chi connectivity index (χ1) is 9.56. The van der Waals surface area contributed by atoms with Crippen molar-refractivity contribution in [3.8, 4) is 0 Å². The molecule has 0 spiro atoms. The number of fused-ring (bicyclic) bond motifs is 2. The highest BCUT2D eigenvalue weighted by Crippen LogP contribution is 2.48. The lowest BCUT2D eigenvalue weighted by Gasteiger charge is -2.34. The lowest BCUT2D eigenvalue weighted by molar-refractivity contribution is -0.149. The van der Waals surface area contributed by atoms with Gasteiger partial charge < -0.3 is 10.0 Å². The van der Waals surface area contributed by atoms with Crippen molar-refractivity contribution in [2.45, 2.75) is 6.42 Å². The molecule has 1 heterocycles. The molecule has 1 saturated carbocycles. The highest BCUT2D eigenvalue weighted by molar-refractivity contribution is 5.86. The van der Waals surface area contributed by atoms with Gasteiger partial charge in [-0.15, -0.1) is 0 Å². The molecule has 0 aromatic heterocycles. The maximum atomic E-state index is 12.4. The molecule has 1 saturated heterocycles. The minimum atomic E-state index is -0.847. The summed E-state index contributed by atoms with van der Waals surface area (Å²) in [6.07, 6.45) is 4.78. The van der Waals surface area contributed by atoms with Crippen LogP contribution in [0, 0.1) is 23.7 Å². The van der Waals surface area contributed by atoms with E-state index in [9.17, 15) is 14.7 Å². The number of nitrogens with zero attached hydrogens (tertiary/aromatic N) is 2. The number of piperazine rings is 1. The van der Waals surface area contributed by atoms with Crippen LogP contribution in [0.2, 0.25) is 0 Å². The smallest absolute Gasteiger partial charge is 0.307 e. The Morgan fingerprint density at radius 2 is 1.70 bits per heavy atom. The van der Waals surface area contributed by atoms with E-state index in [1.165, 1.54) is 0 Å². The van der Waals surface area contributed by atoms with E-state index in [1.807, 2.05) is 17.2 Å². The zero-order valence-electron chi connectivity index (χ0n) is 11.7. The summed E-state index contributed by atoms with van der Waals surface area (Å²) in [4.78, 5) is 26.1. The van der Waals surface area contributed by atoms with Crippen LogP contribution in [0.15, 0.2) is 12.2 Å². The SMILES string of the molecule is CN1CCN(NC(=O)[C@@H]2[C@@H](C(=O)O)[C@H]3C=C[C@@H]2C3)CC1. The van der Waals surface area contributed by atoms with Crippen LogP contribution in [-0.2, 0) is 9.59 Å². The number of carboxylic acids is 1. The molecule has 1 amide bonds. The second kappa shape index (κ2) is 5.18. The van der Waals surface area contributed by atoms with Gasteiger partial charge in [0.25, 0.3) is 0 Å². The molecule has 0 unspecified atom stereocenters. The Kier molecular flexibility index (Phi) is 3.52. The van der Waals surface area contributed by atoms with Gasteiger partial charge in [0.1, 0.15) is 0 Å². The van der Waals surface area contributed by atoms with E-state index < -0.39 is 17.8 Å². The van der Waals surface area contributed by atoms with E-state index in [4.69, 9.17) is 0 Å². The average Bonchev–Trinajstić information content (AvgIpc) is 3.01. The van der Waals surface area contributed by atoms with Crippen LogP contribution >= 0.6 is 0 Å². The topological polar surface area (TPSA) is 72.9 Å². The first-order valence-corrected chi connectivity index (χ1v) is 7.21. The molecule has 3 rings (SSSR count). The quantitative estimate of drug-likeness (QED) is 0.699. The van der Waals surface area contributed by atoms with Crippen molar-refractivity contribution in [2.75, 3.05) is 33.2 Å². The molecule has 0 aromatic carbocycles. The number of allylic oxidation sites excluding steroid dienone is 2. The van der Waals surface area contributed by atoms with Gasteiger partial charge in [-0.05, 0) is 25.3 Å².